The highest BCUT2D eigenvalue weighted by Gasteiger charge is 2.13. The molecule has 0 heterocycles. The molecular weight excluding hydrogens is 512 g/mol. The van der Waals surface area contributed by atoms with Crippen molar-refractivity contribution < 1.29 is 19.0 Å². The number of Topliss-reactive ketones (excluding diaryl/α,β-unsaturated/α-hetero) is 1. The van der Waals surface area contributed by atoms with E-state index in [1.165, 1.54) is 57.8 Å². The minimum Gasteiger partial charge on any atom is -0.494 e. The number of unbranched alkanes of at least 4 members (excludes halogenated alkanes) is 11. The SMILES string of the molecule is CCCCCCCCOc1ccc(C(=O)CCCCOc2ccc(C#N)c(C#N)c2)cc1OCCCCCCCC. The first-order valence-corrected chi connectivity index (χ1v) is 15.6. The first-order chi connectivity index (χ1) is 20.1. The van der Waals surface area contributed by atoms with Gasteiger partial charge in [0.25, 0.3) is 0 Å². The Morgan fingerprint density at radius 1 is 0.610 bits per heavy atom. The second-order valence-corrected chi connectivity index (χ2v) is 10.6. The van der Waals surface area contributed by atoms with E-state index < -0.39 is 0 Å². The molecule has 0 radical (unpaired) electrons. The van der Waals surface area contributed by atoms with Crippen molar-refractivity contribution in [3.63, 3.8) is 0 Å². The van der Waals surface area contributed by atoms with Crippen molar-refractivity contribution in [1.82, 2.24) is 0 Å². The zero-order chi connectivity index (χ0) is 29.5. The first kappa shape index (κ1) is 33.7. The predicted octanol–water partition coefficient (Wildman–Crippen LogP) is 9.34. The molecule has 0 spiro atoms. The second kappa shape index (κ2) is 21.3. The third kappa shape index (κ3) is 13.6. The van der Waals surface area contributed by atoms with Crippen molar-refractivity contribution in [3.05, 3.63) is 53.1 Å². The minimum absolute atomic E-state index is 0.0713. The summed E-state index contributed by atoms with van der Waals surface area (Å²) in [7, 11) is 0. The topological polar surface area (TPSA) is 92.3 Å². The molecule has 6 nitrogen and oxygen atoms in total. The third-order valence-electron chi connectivity index (χ3n) is 7.08. The van der Waals surface area contributed by atoms with Crippen LogP contribution >= 0.6 is 0 Å². The van der Waals surface area contributed by atoms with Gasteiger partial charge in [0.1, 0.15) is 17.9 Å². The van der Waals surface area contributed by atoms with Crippen molar-refractivity contribution in [2.45, 2.75) is 110 Å². The van der Waals surface area contributed by atoms with E-state index in [0.717, 1.165) is 19.3 Å². The smallest absolute Gasteiger partial charge is 0.163 e. The lowest BCUT2D eigenvalue weighted by molar-refractivity contribution is 0.0977. The summed E-state index contributed by atoms with van der Waals surface area (Å²) >= 11 is 0. The van der Waals surface area contributed by atoms with E-state index in [1.54, 1.807) is 18.2 Å². The molecular formula is C35H48N2O4. The molecule has 0 fully saturated rings. The molecule has 0 aromatic heterocycles. The summed E-state index contributed by atoms with van der Waals surface area (Å²) in [5, 5.41) is 18.2. The second-order valence-electron chi connectivity index (χ2n) is 10.6. The summed E-state index contributed by atoms with van der Waals surface area (Å²) < 4.78 is 17.9. The van der Waals surface area contributed by atoms with Gasteiger partial charge < -0.3 is 14.2 Å². The Kier molecular flexibility index (Phi) is 17.5. The average molecular weight is 561 g/mol. The van der Waals surface area contributed by atoms with E-state index >= 15 is 0 Å². The van der Waals surface area contributed by atoms with Crippen molar-refractivity contribution in [1.29, 1.82) is 10.5 Å². The molecule has 0 N–H and O–H groups in total. The number of benzene rings is 2. The van der Waals surface area contributed by atoms with Gasteiger partial charge in [-0.15, -0.1) is 0 Å². The van der Waals surface area contributed by atoms with Gasteiger partial charge in [-0.1, -0.05) is 78.1 Å². The molecule has 0 saturated carbocycles. The van der Waals surface area contributed by atoms with Crippen LogP contribution in [-0.4, -0.2) is 25.6 Å². The largest absolute Gasteiger partial charge is 0.494 e. The molecule has 41 heavy (non-hydrogen) atoms. The molecule has 0 amide bonds. The molecule has 2 aromatic carbocycles. The van der Waals surface area contributed by atoms with Crippen LogP contribution in [0.15, 0.2) is 36.4 Å². The molecule has 2 rings (SSSR count). The number of nitrogens with zero attached hydrogens (tertiary/aromatic N) is 2. The van der Waals surface area contributed by atoms with Crippen molar-refractivity contribution in [2.24, 2.45) is 0 Å². The fraction of sp³-hybridized carbons (Fsp3) is 0.571. The summed E-state index contributed by atoms with van der Waals surface area (Å²) in [6.07, 6.45) is 16.2. The molecule has 0 saturated heterocycles. The Morgan fingerprint density at radius 3 is 1.80 bits per heavy atom. The lowest BCUT2D eigenvalue weighted by Gasteiger charge is -2.14. The van der Waals surface area contributed by atoms with Gasteiger partial charge in [-0.3, -0.25) is 4.79 Å². The highest BCUT2D eigenvalue weighted by Crippen LogP contribution is 2.30. The lowest BCUT2D eigenvalue weighted by Crippen LogP contribution is -2.06. The monoisotopic (exact) mass is 560 g/mol. The maximum absolute atomic E-state index is 13.0. The van der Waals surface area contributed by atoms with Gasteiger partial charge in [-0.05, 0) is 62.1 Å². The normalized spacial score (nSPS) is 10.5. The van der Waals surface area contributed by atoms with Crippen LogP contribution in [-0.2, 0) is 0 Å². The molecule has 0 aliphatic heterocycles. The van der Waals surface area contributed by atoms with E-state index in [-0.39, 0.29) is 5.78 Å². The van der Waals surface area contributed by atoms with Gasteiger partial charge in [-0.2, -0.15) is 10.5 Å². The van der Waals surface area contributed by atoms with E-state index in [0.29, 0.717) is 73.0 Å². The number of ether oxygens (including phenoxy) is 3. The quantitative estimate of drug-likeness (QED) is 0.0993. The maximum Gasteiger partial charge on any atom is 0.163 e. The molecule has 0 bridgehead atoms. The van der Waals surface area contributed by atoms with Crippen LogP contribution in [0.3, 0.4) is 0 Å². The number of hydrogen-bond acceptors (Lipinski definition) is 6. The summed E-state index contributed by atoms with van der Waals surface area (Å²) in [6, 6.07) is 14.4. The summed E-state index contributed by atoms with van der Waals surface area (Å²) in [4.78, 5) is 13.0. The minimum atomic E-state index is 0.0713. The van der Waals surface area contributed by atoms with Crippen LogP contribution in [0, 0.1) is 22.7 Å². The van der Waals surface area contributed by atoms with Crippen LogP contribution in [0.5, 0.6) is 17.2 Å². The van der Waals surface area contributed by atoms with E-state index in [9.17, 15) is 4.79 Å². The highest BCUT2D eigenvalue weighted by molar-refractivity contribution is 5.96. The standard InChI is InChI=1S/C35H48N2O4/c1-3-5-7-9-11-14-23-40-34-21-19-29(26-35(34)41-24-15-12-10-8-6-4-2)33(38)17-13-16-22-39-32-20-18-30(27-36)31(25-32)28-37/h18-21,25-26H,3-17,22-24H2,1-2H3. The van der Waals surface area contributed by atoms with Crippen LogP contribution < -0.4 is 14.2 Å². The van der Waals surface area contributed by atoms with Crippen molar-refractivity contribution >= 4 is 5.78 Å². The number of hydrogen-bond donors (Lipinski definition) is 0. The zero-order valence-electron chi connectivity index (χ0n) is 25.2. The van der Waals surface area contributed by atoms with Gasteiger partial charge in [0.15, 0.2) is 17.3 Å². The molecule has 0 atom stereocenters. The van der Waals surface area contributed by atoms with Crippen LogP contribution in [0.2, 0.25) is 0 Å². The van der Waals surface area contributed by atoms with Crippen LogP contribution in [0.25, 0.3) is 0 Å². The van der Waals surface area contributed by atoms with Gasteiger partial charge in [0.2, 0.25) is 0 Å². The number of nitriles is 2. The van der Waals surface area contributed by atoms with Crippen LogP contribution in [0.4, 0.5) is 0 Å². The fourth-order valence-corrected chi connectivity index (χ4v) is 4.57. The van der Waals surface area contributed by atoms with E-state index in [2.05, 4.69) is 13.8 Å². The fourth-order valence-electron chi connectivity index (χ4n) is 4.57. The number of ketones is 1. The molecule has 0 unspecified atom stereocenters. The van der Waals surface area contributed by atoms with Gasteiger partial charge in [0.05, 0.1) is 30.9 Å². The number of rotatable bonds is 23. The maximum atomic E-state index is 13.0. The number of carbonyl (C=O) groups is 1. The van der Waals surface area contributed by atoms with Crippen LogP contribution in [0.1, 0.15) is 132 Å². The van der Waals surface area contributed by atoms with E-state index in [4.69, 9.17) is 24.7 Å². The molecule has 6 heteroatoms. The highest BCUT2D eigenvalue weighted by atomic mass is 16.5. The Morgan fingerprint density at radius 2 is 1.17 bits per heavy atom. The lowest BCUT2D eigenvalue weighted by atomic mass is 10.0. The Labute approximate surface area is 247 Å². The summed E-state index contributed by atoms with van der Waals surface area (Å²) in [5.74, 6) is 2.00. The van der Waals surface area contributed by atoms with Gasteiger partial charge in [0, 0.05) is 12.0 Å². The molecule has 2 aromatic rings. The Hall–Kier alpha value is -3.51. The zero-order valence-corrected chi connectivity index (χ0v) is 25.2. The Balaban J connectivity index is 1.85. The predicted molar refractivity (Wildman–Crippen MR) is 164 cm³/mol. The number of carbonyl (C=O) groups excluding carboxylic acids is 1. The molecule has 0 aliphatic rings. The van der Waals surface area contributed by atoms with E-state index in [1.807, 2.05) is 30.3 Å². The Bertz CT molecular complexity index is 1120. The van der Waals surface area contributed by atoms with Gasteiger partial charge >= 0.3 is 0 Å². The van der Waals surface area contributed by atoms with Crippen molar-refractivity contribution in [2.75, 3.05) is 19.8 Å². The first-order valence-electron chi connectivity index (χ1n) is 15.6. The van der Waals surface area contributed by atoms with Gasteiger partial charge in [-0.25, -0.2) is 0 Å². The average Bonchev–Trinajstić information content (AvgIpc) is 3.00. The third-order valence-corrected chi connectivity index (χ3v) is 7.08. The summed E-state index contributed by atoms with van der Waals surface area (Å²) in [5.41, 5.74) is 1.27. The molecule has 222 valence electrons. The summed E-state index contributed by atoms with van der Waals surface area (Å²) in [6.45, 7) is 6.16. The molecule has 0 aliphatic carbocycles. The van der Waals surface area contributed by atoms with Crippen molar-refractivity contribution in [3.8, 4) is 29.4 Å².